The summed E-state index contributed by atoms with van der Waals surface area (Å²) in [5, 5.41) is 8.39. The van der Waals surface area contributed by atoms with Crippen molar-refractivity contribution in [1.82, 2.24) is 4.90 Å². The largest absolute Gasteiger partial charge is 0.441 e. The van der Waals surface area contributed by atoms with E-state index in [2.05, 4.69) is 0 Å². The van der Waals surface area contributed by atoms with Gasteiger partial charge in [0.15, 0.2) is 0 Å². The normalized spacial score (nSPS) is 12.1. The lowest BCUT2D eigenvalue weighted by Crippen LogP contribution is -2.34. The molecule has 0 aromatic heterocycles. The first-order valence-corrected chi connectivity index (χ1v) is 5.67. The Hall–Kier alpha value is -0.410. The molecule has 0 aliphatic carbocycles. The molecule has 2 nitrogen and oxygen atoms in total. The zero-order valence-electron chi connectivity index (χ0n) is 8.84. The number of rotatable bonds is 6. The third kappa shape index (κ3) is 8.58. The molecule has 0 saturated carbocycles. The monoisotopic (exact) mass is 240 g/mol. The van der Waals surface area contributed by atoms with Crippen molar-refractivity contribution in [2.75, 3.05) is 18.8 Å². The van der Waals surface area contributed by atoms with Crippen LogP contribution in [0.4, 0.5) is 13.2 Å². The van der Waals surface area contributed by atoms with Crippen LogP contribution in [0.3, 0.4) is 0 Å². The summed E-state index contributed by atoms with van der Waals surface area (Å²) in [5.41, 5.74) is -4.15. The van der Waals surface area contributed by atoms with E-state index in [-0.39, 0.29) is 23.6 Å². The van der Waals surface area contributed by atoms with Gasteiger partial charge >= 0.3 is 5.51 Å². The van der Waals surface area contributed by atoms with Crippen LogP contribution >= 0.6 is 11.8 Å². The van der Waals surface area contributed by atoms with Crippen LogP contribution in [0.1, 0.15) is 20.3 Å². The van der Waals surface area contributed by atoms with E-state index in [1.807, 2.05) is 24.8 Å². The van der Waals surface area contributed by atoms with Gasteiger partial charge in [0, 0.05) is 31.3 Å². The lowest BCUT2D eigenvalue weighted by molar-refractivity contribution is -0.0329. The lowest BCUT2D eigenvalue weighted by atomic mass is 10.3. The van der Waals surface area contributed by atoms with Gasteiger partial charge in [0.1, 0.15) is 0 Å². The summed E-state index contributed by atoms with van der Waals surface area (Å²) < 4.78 is 35.6. The molecule has 0 aliphatic rings. The van der Waals surface area contributed by atoms with Crippen LogP contribution in [0.25, 0.3) is 0 Å². The second-order valence-corrected chi connectivity index (χ2v) is 4.49. The summed E-state index contributed by atoms with van der Waals surface area (Å²) in [6, 6.07) is 2.16. The standard InChI is InChI=1S/C9H15F3N2S/c1-8(2)14(5-3-4-13)6-7-15-9(10,11)12/h8H,3,5-7H2,1-2H3. The molecule has 15 heavy (non-hydrogen) atoms. The second-order valence-electron chi connectivity index (χ2n) is 3.33. The first-order chi connectivity index (χ1) is 6.87. The maximum Gasteiger partial charge on any atom is 0.441 e. The Balaban J connectivity index is 3.82. The summed E-state index contributed by atoms with van der Waals surface area (Å²) in [4.78, 5) is 1.88. The first kappa shape index (κ1) is 14.6. The van der Waals surface area contributed by atoms with Gasteiger partial charge in [-0.25, -0.2) is 0 Å². The van der Waals surface area contributed by atoms with Gasteiger partial charge in [-0.15, -0.1) is 0 Å². The van der Waals surface area contributed by atoms with Crippen molar-refractivity contribution in [3.8, 4) is 6.07 Å². The number of hydrogen-bond donors (Lipinski definition) is 0. The van der Waals surface area contributed by atoms with Gasteiger partial charge in [-0.3, -0.25) is 4.90 Å². The van der Waals surface area contributed by atoms with E-state index in [1.165, 1.54) is 0 Å². The average molecular weight is 240 g/mol. The highest BCUT2D eigenvalue weighted by molar-refractivity contribution is 8.00. The van der Waals surface area contributed by atoms with E-state index in [0.717, 1.165) is 0 Å². The van der Waals surface area contributed by atoms with Crippen molar-refractivity contribution in [3.05, 3.63) is 0 Å². The Morgan fingerprint density at radius 3 is 2.33 bits per heavy atom. The molecule has 0 amide bonds. The Kier molecular flexibility index (Phi) is 6.77. The molecule has 0 bridgehead atoms. The zero-order chi connectivity index (χ0) is 11.9. The minimum absolute atomic E-state index is 0.0118. The third-order valence-corrected chi connectivity index (χ3v) is 2.60. The fourth-order valence-electron chi connectivity index (χ4n) is 1.10. The van der Waals surface area contributed by atoms with Crippen molar-refractivity contribution in [2.24, 2.45) is 0 Å². The van der Waals surface area contributed by atoms with Crippen LogP contribution in [0.2, 0.25) is 0 Å². The molecule has 0 aromatic rings. The predicted octanol–water partition coefficient (Wildman–Crippen LogP) is 2.86. The Bertz CT molecular complexity index is 210. The minimum atomic E-state index is -4.15. The molecule has 0 atom stereocenters. The average Bonchev–Trinajstić information content (AvgIpc) is 2.08. The molecule has 0 saturated heterocycles. The van der Waals surface area contributed by atoms with Gasteiger partial charge in [0.2, 0.25) is 0 Å². The van der Waals surface area contributed by atoms with Crippen LogP contribution in [0, 0.1) is 11.3 Å². The summed E-state index contributed by atoms with van der Waals surface area (Å²) in [6.45, 7) is 4.72. The van der Waals surface area contributed by atoms with Crippen LogP contribution in [0.15, 0.2) is 0 Å². The predicted molar refractivity (Wildman–Crippen MR) is 55.5 cm³/mol. The number of nitriles is 1. The van der Waals surface area contributed by atoms with Crippen molar-refractivity contribution in [3.63, 3.8) is 0 Å². The maximum atomic E-state index is 11.9. The summed E-state index contributed by atoms with van der Waals surface area (Å²) in [6.07, 6.45) is 0.356. The first-order valence-electron chi connectivity index (χ1n) is 4.68. The molecular weight excluding hydrogens is 225 g/mol. The second kappa shape index (κ2) is 6.96. The van der Waals surface area contributed by atoms with Crippen LogP contribution in [-0.4, -0.2) is 35.3 Å². The molecule has 0 aromatic carbocycles. The highest BCUT2D eigenvalue weighted by Crippen LogP contribution is 2.29. The molecule has 0 fully saturated rings. The molecule has 6 heteroatoms. The highest BCUT2D eigenvalue weighted by atomic mass is 32.2. The molecule has 0 spiro atoms. The quantitative estimate of drug-likeness (QED) is 0.714. The van der Waals surface area contributed by atoms with Gasteiger partial charge in [-0.1, -0.05) is 0 Å². The smallest absolute Gasteiger partial charge is 0.299 e. The number of nitrogens with zero attached hydrogens (tertiary/aromatic N) is 2. The van der Waals surface area contributed by atoms with Crippen molar-refractivity contribution in [2.45, 2.75) is 31.8 Å². The van der Waals surface area contributed by atoms with Crippen molar-refractivity contribution >= 4 is 11.8 Å². The molecule has 0 aliphatic heterocycles. The van der Waals surface area contributed by atoms with E-state index < -0.39 is 5.51 Å². The van der Waals surface area contributed by atoms with Gasteiger partial charge in [0.05, 0.1) is 6.07 Å². The summed E-state index contributed by atoms with van der Waals surface area (Å²) in [5.74, 6) is 0.0209. The van der Waals surface area contributed by atoms with Crippen LogP contribution in [-0.2, 0) is 0 Å². The SMILES string of the molecule is CC(C)N(CCC#N)CCSC(F)(F)F. The van der Waals surface area contributed by atoms with E-state index in [0.29, 0.717) is 19.5 Å². The fourth-order valence-corrected chi connectivity index (χ4v) is 1.66. The molecule has 88 valence electrons. The minimum Gasteiger partial charge on any atom is -0.299 e. The van der Waals surface area contributed by atoms with Gasteiger partial charge in [-0.05, 0) is 25.6 Å². The number of thioether (sulfide) groups is 1. The zero-order valence-corrected chi connectivity index (χ0v) is 9.66. The molecular formula is C9H15F3N2S. The fraction of sp³-hybridized carbons (Fsp3) is 0.889. The number of alkyl halides is 3. The highest BCUT2D eigenvalue weighted by Gasteiger charge is 2.27. The van der Waals surface area contributed by atoms with Gasteiger partial charge < -0.3 is 0 Å². The molecule has 0 radical (unpaired) electrons. The number of hydrogen-bond acceptors (Lipinski definition) is 3. The molecule has 0 unspecified atom stereocenters. The van der Waals surface area contributed by atoms with Gasteiger partial charge in [-0.2, -0.15) is 18.4 Å². The Morgan fingerprint density at radius 2 is 1.93 bits per heavy atom. The van der Waals surface area contributed by atoms with E-state index in [1.54, 1.807) is 0 Å². The van der Waals surface area contributed by atoms with Gasteiger partial charge in [0.25, 0.3) is 0 Å². The summed E-state index contributed by atoms with van der Waals surface area (Å²) in [7, 11) is 0. The summed E-state index contributed by atoms with van der Waals surface area (Å²) >= 11 is -0.0118. The van der Waals surface area contributed by atoms with E-state index in [4.69, 9.17) is 5.26 Å². The maximum absolute atomic E-state index is 11.9. The van der Waals surface area contributed by atoms with Crippen molar-refractivity contribution in [1.29, 1.82) is 5.26 Å². The topological polar surface area (TPSA) is 27.0 Å². The van der Waals surface area contributed by atoms with E-state index >= 15 is 0 Å². The van der Waals surface area contributed by atoms with E-state index in [9.17, 15) is 13.2 Å². The third-order valence-electron chi connectivity index (χ3n) is 1.89. The Morgan fingerprint density at radius 1 is 1.33 bits per heavy atom. The number of halogens is 3. The van der Waals surface area contributed by atoms with Crippen LogP contribution in [0.5, 0.6) is 0 Å². The Labute approximate surface area is 92.4 Å². The van der Waals surface area contributed by atoms with Crippen molar-refractivity contribution < 1.29 is 13.2 Å². The molecule has 0 heterocycles. The molecule has 0 N–H and O–H groups in total. The van der Waals surface area contributed by atoms with Crippen LogP contribution < -0.4 is 0 Å². The lowest BCUT2D eigenvalue weighted by Gasteiger charge is -2.25. The molecule has 0 rings (SSSR count).